The molecule has 0 amide bonds. The number of nitrogens with zero attached hydrogens (tertiary/aromatic N) is 1. The molecule has 1 aromatic heterocycles. The molecule has 0 aliphatic carbocycles. The largest absolute Gasteiger partial charge is 0.280 e. The molecule has 5 heteroatoms. The van der Waals surface area contributed by atoms with E-state index in [1.54, 1.807) is 0 Å². The van der Waals surface area contributed by atoms with Gasteiger partial charge in [0.15, 0.2) is 0 Å². The molecule has 0 fully saturated rings. The first-order chi connectivity index (χ1) is 6.06. The van der Waals surface area contributed by atoms with Crippen LogP contribution in [0, 0.1) is 12.7 Å². The molecule has 1 heterocycles. The van der Waals surface area contributed by atoms with Crippen molar-refractivity contribution in [2.75, 3.05) is 0 Å². The first kappa shape index (κ1) is 10.3. The predicted molar refractivity (Wildman–Crippen MR) is 43.4 cm³/mol. The summed E-state index contributed by atoms with van der Waals surface area (Å²) in [5, 5.41) is 0. The Kier molecular flexibility index (Phi) is 3.14. The van der Waals surface area contributed by atoms with Gasteiger partial charge in [0.05, 0.1) is 11.6 Å². The Morgan fingerprint density at radius 2 is 2.15 bits per heavy atom. The van der Waals surface area contributed by atoms with Crippen molar-refractivity contribution in [1.29, 1.82) is 0 Å². The lowest BCUT2D eigenvalue weighted by Gasteiger charge is -2.05. The summed E-state index contributed by atoms with van der Waals surface area (Å²) in [6.07, 6.45) is -2.77. The van der Waals surface area contributed by atoms with Gasteiger partial charge >= 0.3 is 0 Å². The van der Waals surface area contributed by atoms with Crippen molar-refractivity contribution in [3.05, 3.63) is 28.8 Å². The lowest BCUT2D eigenvalue weighted by molar-refractivity contribution is 0.145. The summed E-state index contributed by atoms with van der Waals surface area (Å²) in [4.78, 5) is 3.53. The molecule has 0 saturated heterocycles. The molecule has 1 rings (SSSR count). The predicted octanol–water partition coefficient (Wildman–Crippen LogP) is 3.21. The van der Waals surface area contributed by atoms with Crippen molar-refractivity contribution in [2.24, 2.45) is 0 Å². The van der Waals surface area contributed by atoms with E-state index >= 15 is 0 Å². The van der Waals surface area contributed by atoms with Crippen LogP contribution in [0.2, 0.25) is 0 Å². The van der Waals surface area contributed by atoms with Crippen LogP contribution in [0.3, 0.4) is 0 Å². The number of aromatic nitrogens is 1. The van der Waals surface area contributed by atoms with E-state index < -0.39 is 17.9 Å². The molecule has 0 radical (unpaired) electrons. The fourth-order valence-corrected chi connectivity index (χ4v) is 1.15. The van der Waals surface area contributed by atoms with Crippen LogP contribution >= 0.6 is 11.6 Å². The van der Waals surface area contributed by atoms with Gasteiger partial charge in [-0.2, -0.15) is 0 Å². The highest BCUT2D eigenvalue weighted by Gasteiger charge is 2.14. The van der Waals surface area contributed by atoms with Gasteiger partial charge in [0, 0.05) is 11.6 Å². The molecule has 0 saturated carbocycles. The zero-order chi connectivity index (χ0) is 10.0. The van der Waals surface area contributed by atoms with E-state index in [0.717, 1.165) is 6.07 Å². The lowest BCUT2D eigenvalue weighted by Crippen LogP contribution is -2.00. The van der Waals surface area contributed by atoms with Gasteiger partial charge < -0.3 is 0 Å². The number of alkyl halides is 3. The summed E-state index contributed by atoms with van der Waals surface area (Å²) in [5.74, 6) is -0.760. The quantitative estimate of drug-likeness (QED) is 0.682. The van der Waals surface area contributed by atoms with Gasteiger partial charge in [-0.05, 0) is 6.92 Å². The van der Waals surface area contributed by atoms with Crippen LogP contribution < -0.4 is 0 Å². The second-order valence-electron chi connectivity index (χ2n) is 2.53. The lowest BCUT2D eigenvalue weighted by atomic mass is 10.2. The molecule has 0 aromatic carbocycles. The molecule has 1 nitrogen and oxygen atoms in total. The van der Waals surface area contributed by atoms with Crippen molar-refractivity contribution in [3.8, 4) is 0 Å². The van der Waals surface area contributed by atoms with Crippen LogP contribution in [0.4, 0.5) is 13.2 Å². The molecular formula is C8H7ClF3N. The van der Waals surface area contributed by atoms with Crippen molar-refractivity contribution in [1.82, 2.24) is 4.98 Å². The van der Waals surface area contributed by atoms with Gasteiger partial charge in [-0.1, -0.05) is 0 Å². The topological polar surface area (TPSA) is 12.9 Å². The van der Waals surface area contributed by atoms with Crippen LogP contribution in [-0.2, 0) is 5.88 Å². The molecule has 0 aliphatic heterocycles. The summed E-state index contributed by atoms with van der Waals surface area (Å²) >= 11 is 5.41. The van der Waals surface area contributed by atoms with Crippen molar-refractivity contribution >= 4 is 11.6 Å². The van der Waals surface area contributed by atoms with E-state index in [1.807, 2.05) is 0 Å². The van der Waals surface area contributed by atoms with Gasteiger partial charge in [-0.3, -0.25) is 4.98 Å². The highest BCUT2D eigenvalue weighted by atomic mass is 35.5. The van der Waals surface area contributed by atoms with E-state index in [2.05, 4.69) is 4.98 Å². The first-order valence-corrected chi connectivity index (χ1v) is 4.09. The maximum absolute atomic E-state index is 13.0. The summed E-state index contributed by atoms with van der Waals surface area (Å²) < 4.78 is 37.2. The fraction of sp³-hybridized carbons (Fsp3) is 0.375. The second kappa shape index (κ2) is 3.96. The third kappa shape index (κ3) is 2.12. The van der Waals surface area contributed by atoms with E-state index in [4.69, 9.17) is 11.6 Å². The number of hydrogen-bond donors (Lipinski definition) is 0. The fourth-order valence-electron chi connectivity index (χ4n) is 0.890. The van der Waals surface area contributed by atoms with Crippen molar-refractivity contribution in [2.45, 2.75) is 19.2 Å². The van der Waals surface area contributed by atoms with Gasteiger partial charge in [-0.15, -0.1) is 11.6 Å². The maximum atomic E-state index is 13.0. The average Bonchev–Trinajstić information content (AvgIpc) is 2.09. The van der Waals surface area contributed by atoms with Crippen LogP contribution in [-0.4, -0.2) is 4.98 Å². The Bertz CT molecular complexity index is 315. The van der Waals surface area contributed by atoms with Crippen LogP contribution in [0.25, 0.3) is 0 Å². The molecule has 0 spiro atoms. The van der Waals surface area contributed by atoms with E-state index in [9.17, 15) is 13.2 Å². The SMILES string of the molecule is Cc1c(F)cc(C(F)F)nc1CCl. The summed E-state index contributed by atoms with van der Waals surface area (Å²) in [5.41, 5.74) is -0.185. The highest BCUT2D eigenvalue weighted by molar-refractivity contribution is 6.17. The van der Waals surface area contributed by atoms with Gasteiger partial charge in [0.25, 0.3) is 6.43 Å². The molecule has 0 aliphatic rings. The second-order valence-corrected chi connectivity index (χ2v) is 2.80. The summed E-state index contributed by atoms with van der Waals surface area (Å²) in [7, 11) is 0. The molecule has 13 heavy (non-hydrogen) atoms. The molecule has 0 atom stereocenters. The highest BCUT2D eigenvalue weighted by Crippen LogP contribution is 2.21. The Labute approximate surface area is 78.5 Å². The molecule has 1 aromatic rings. The Balaban J connectivity index is 3.22. The Morgan fingerprint density at radius 3 is 2.62 bits per heavy atom. The molecule has 0 unspecified atom stereocenters. The molecular weight excluding hydrogens is 203 g/mol. The number of halogens is 4. The van der Waals surface area contributed by atoms with Gasteiger partial charge in [0.2, 0.25) is 0 Å². The Hall–Kier alpha value is -0.770. The molecule has 0 bridgehead atoms. The molecule has 0 N–H and O–H groups in total. The Morgan fingerprint density at radius 1 is 1.54 bits per heavy atom. The van der Waals surface area contributed by atoms with Gasteiger partial charge in [-0.25, -0.2) is 13.2 Å². The monoisotopic (exact) mass is 209 g/mol. The standard InChI is InChI=1S/C8H7ClF3N/c1-4-5(10)2-6(8(11)12)13-7(4)3-9/h2,8H,3H2,1H3. The summed E-state index contributed by atoms with van der Waals surface area (Å²) in [6.45, 7) is 1.45. The van der Waals surface area contributed by atoms with Crippen LogP contribution in [0.15, 0.2) is 6.07 Å². The number of hydrogen-bond acceptors (Lipinski definition) is 1. The van der Waals surface area contributed by atoms with Crippen molar-refractivity contribution in [3.63, 3.8) is 0 Å². The van der Waals surface area contributed by atoms with Crippen LogP contribution in [0.5, 0.6) is 0 Å². The normalized spacial score (nSPS) is 10.9. The van der Waals surface area contributed by atoms with Gasteiger partial charge in [0.1, 0.15) is 11.5 Å². The zero-order valence-corrected chi connectivity index (χ0v) is 7.58. The third-order valence-electron chi connectivity index (χ3n) is 1.68. The van der Waals surface area contributed by atoms with Crippen LogP contribution in [0.1, 0.15) is 23.4 Å². The maximum Gasteiger partial charge on any atom is 0.280 e. The summed E-state index contributed by atoms with van der Waals surface area (Å²) in [6, 6.07) is 0.732. The first-order valence-electron chi connectivity index (χ1n) is 3.56. The third-order valence-corrected chi connectivity index (χ3v) is 1.93. The van der Waals surface area contributed by atoms with Crippen molar-refractivity contribution < 1.29 is 13.2 Å². The minimum absolute atomic E-state index is 0.0662. The minimum atomic E-state index is -2.77. The van der Waals surface area contributed by atoms with E-state index in [0.29, 0.717) is 0 Å². The number of pyridine rings is 1. The van der Waals surface area contributed by atoms with E-state index in [1.165, 1.54) is 6.92 Å². The van der Waals surface area contributed by atoms with E-state index in [-0.39, 0.29) is 17.1 Å². The minimum Gasteiger partial charge on any atom is -0.250 e. The smallest absolute Gasteiger partial charge is 0.250 e. The number of rotatable bonds is 2. The average molecular weight is 210 g/mol. The molecule has 72 valence electrons. The zero-order valence-electron chi connectivity index (χ0n) is 6.82.